The van der Waals surface area contributed by atoms with E-state index in [2.05, 4.69) is 206 Å². The van der Waals surface area contributed by atoms with Crippen LogP contribution in [0.1, 0.15) is 0 Å². The average Bonchev–Trinajstić information content (AvgIpc) is 4.09. The fraction of sp³-hybridized carbons (Fsp3) is 0. The van der Waals surface area contributed by atoms with Crippen molar-refractivity contribution in [2.75, 3.05) is 0 Å². The number of hydrogen-bond donors (Lipinski definition) is 0. The minimum atomic E-state index is 1.23. The lowest BCUT2D eigenvalue weighted by molar-refractivity contribution is 1.58. The summed E-state index contributed by atoms with van der Waals surface area (Å²) in [5.41, 5.74) is 14.9. The maximum absolute atomic E-state index is 2.47. The maximum atomic E-state index is 2.47. The fourth-order valence-electron chi connectivity index (χ4n) is 9.05. The van der Waals surface area contributed by atoms with Gasteiger partial charge in [0, 0.05) is 40.3 Å². The number of hydrogen-bond acceptors (Lipinski definition) is 4. The molecule has 13 aromatic rings. The Hall–Kier alpha value is -6.66. The van der Waals surface area contributed by atoms with E-state index < -0.39 is 0 Å². The molecule has 0 amide bonds. The third kappa shape index (κ3) is 6.06. The Bertz CT molecular complexity index is 3530. The normalized spacial score (nSPS) is 11.9. The molecule has 0 saturated heterocycles. The summed E-state index contributed by atoms with van der Waals surface area (Å²) in [5.74, 6) is 0. The summed E-state index contributed by atoms with van der Waals surface area (Å²) in [6.45, 7) is 0. The summed E-state index contributed by atoms with van der Waals surface area (Å²) in [5, 5.41) is 5.50. The van der Waals surface area contributed by atoms with Crippen LogP contribution in [0.15, 0.2) is 206 Å². The highest BCUT2D eigenvalue weighted by Crippen LogP contribution is 2.50. The van der Waals surface area contributed by atoms with E-state index in [4.69, 9.17) is 0 Å². The maximum Gasteiger partial charge on any atom is 0.0542 e. The molecule has 9 aromatic carbocycles. The molecule has 290 valence electrons. The van der Waals surface area contributed by atoms with Crippen molar-refractivity contribution in [3.8, 4) is 66.8 Å². The van der Waals surface area contributed by atoms with Crippen LogP contribution in [0.3, 0.4) is 0 Å². The first-order valence-corrected chi connectivity index (χ1v) is 24.1. The molecule has 0 unspecified atom stereocenters. The molecule has 0 spiro atoms. The van der Waals surface area contributed by atoms with E-state index in [1.807, 2.05) is 45.3 Å². The molecule has 4 aromatic heterocycles. The van der Waals surface area contributed by atoms with Crippen molar-refractivity contribution in [2.24, 2.45) is 0 Å². The van der Waals surface area contributed by atoms with Gasteiger partial charge in [0.15, 0.2) is 0 Å². The van der Waals surface area contributed by atoms with Crippen molar-refractivity contribution in [2.45, 2.75) is 0 Å². The molecular formula is C58H34S4. The van der Waals surface area contributed by atoms with Crippen LogP contribution < -0.4 is 0 Å². The van der Waals surface area contributed by atoms with Crippen LogP contribution in [0, 0.1) is 0 Å². The molecule has 0 atom stereocenters. The van der Waals surface area contributed by atoms with Gasteiger partial charge < -0.3 is 0 Å². The molecule has 0 fully saturated rings. The van der Waals surface area contributed by atoms with E-state index in [0.717, 1.165) is 0 Å². The minimum Gasteiger partial charge on any atom is -0.134 e. The Kier molecular flexibility index (Phi) is 8.41. The van der Waals surface area contributed by atoms with Gasteiger partial charge >= 0.3 is 0 Å². The Morgan fingerprint density at radius 2 is 0.403 bits per heavy atom. The summed E-state index contributed by atoms with van der Waals surface area (Å²) in [6, 6.07) is 76.0. The van der Waals surface area contributed by atoms with Crippen molar-refractivity contribution < 1.29 is 0 Å². The summed E-state index contributed by atoms with van der Waals surface area (Å²) in [6.07, 6.45) is 0. The SMILES string of the molecule is c1ccc(-c2ccc(-c3ccc(-c4ccc5c(c4)sc4c6cc7sc8c9ccc(-c%10ccc(-c%11ccc(-c%12ccccc%12)cc%11)cc%10)cc9sc8c7cc6sc54)cc3)cc2)cc1. The second-order valence-corrected chi connectivity index (χ2v) is 20.2. The van der Waals surface area contributed by atoms with Crippen LogP contribution in [-0.4, -0.2) is 0 Å². The first kappa shape index (κ1) is 36.0. The van der Waals surface area contributed by atoms with Gasteiger partial charge in [-0.3, -0.25) is 0 Å². The quantitative estimate of drug-likeness (QED) is 0.156. The largest absolute Gasteiger partial charge is 0.134 e. The van der Waals surface area contributed by atoms with Crippen LogP contribution >= 0.6 is 45.3 Å². The van der Waals surface area contributed by atoms with Gasteiger partial charge in [0.1, 0.15) is 0 Å². The Morgan fingerprint density at radius 1 is 0.177 bits per heavy atom. The molecule has 0 bridgehead atoms. The third-order valence-electron chi connectivity index (χ3n) is 12.4. The van der Waals surface area contributed by atoms with Gasteiger partial charge in [-0.2, -0.15) is 0 Å². The smallest absolute Gasteiger partial charge is 0.0542 e. The Morgan fingerprint density at radius 3 is 0.710 bits per heavy atom. The molecule has 0 aliphatic carbocycles. The summed E-state index contributed by atoms with van der Waals surface area (Å²) in [4.78, 5) is 0. The van der Waals surface area contributed by atoms with Crippen LogP contribution in [0.25, 0.3) is 126 Å². The van der Waals surface area contributed by atoms with Crippen molar-refractivity contribution in [1.29, 1.82) is 0 Å². The number of rotatable bonds is 6. The molecule has 4 heterocycles. The lowest BCUT2D eigenvalue weighted by Crippen LogP contribution is -1.82. The molecule has 62 heavy (non-hydrogen) atoms. The lowest BCUT2D eigenvalue weighted by atomic mass is 9.98. The van der Waals surface area contributed by atoms with Gasteiger partial charge in [0.05, 0.1) is 18.8 Å². The molecule has 0 N–H and O–H groups in total. The van der Waals surface area contributed by atoms with Gasteiger partial charge in [0.2, 0.25) is 0 Å². The standard InChI is InChI=1S/C58H34S4/c1-3-7-35(8-4-1)37-11-15-39(16-12-37)41-19-23-43(24-20-41)45-27-29-47-51(31-45)59-57-49-33-54-50(34-53(49)61-55(47)57)58-56(62-54)48-30-28-46(32-52(48)60-58)44-25-21-42(22-26-44)40-17-13-38(14-18-40)36-9-5-2-6-10-36/h1-34H. The van der Waals surface area contributed by atoms with Crippen molar-refractivity contribution in [1.82, 2.24) is 0 Å². The number of thiophene rings is 4. The molecule has 0 nitrogen and oxygen atoms in total. The van der Waals surface area contributed by atoms with Crippen LogP contribution in [0.5, 0.6) is 0 Å². The highest BCUT2D eigenvalue weighted by molar-refractivity contribution is 7.38. The lowest BCUT2D eigenvalue weighted by Gasteiger charge is -2.07. The fourth-order valence-corrected chi connectivity index (χ4v) is 14.5. The zero-order valence-corrected chi connectivity index (χ0v) is 36.5. The van der Waals surface area contributed by atoms with E-state index in [1.54, 1.807) is 0 Å². The van der Waals surface area contributed by atoms with E-state index in [9.17, 15) is 0 Å². The first-order chi connectivity index (χ1) is 30.7. The zero-order chi connectivity index (χ0) is 40.7. The summed E-state index contributed by atoms with van der Waals surface area (Å²) in [7, 11) is 0. The highest BCUT2D eigenvalue weighted by Gasteiger charge is 2.18. The monoisotopic (exact) mass is 858 g/mol. The number of benzene rings is 9. The van der Waals surface area contributed by atoms with E-state index in [-0.39, 0.29) is 0 Å². The van der Waals surface area contributed by atoms with Crippen molar-refractivity contribution >= 4 is 104 Å². The molecule has 0 saturated carbocycles. The van der Waals surface area contributed by atoms with Gasteiger partial charge in [-0.05, 0) is 91.0 Å². The van der Waals surface area contributed by atoms with Gasteiger partial charge in [-0.15, -0.1) is 45.3 Å². The van der Waals surface area contributed by atoms with Crippen molar-refractivity contribution in [3.63, 3.8) is 0 Å². The molecule has 4 heteroatoms. The zero-order valence-electron chi connectivity index (χ0n) is 33.3. The molecule has 0 aliphatic heterocycles. The second-order valence-electron chi connectivity index (χ2n) is 16.0. The van der Waals surface area contributed by atoms with E-state index >= 15 is 0 Å². The van der Waals surface area contributed by atoms with Crippen LogP contribution in [-0.2, 0) is 0 Å². The molecule has 0 aliphatic rings. The molecular weight excluding hydrogens is 825 g/mol. The average molecular weight is 859 g/mol. The Labute approximate surface area is 374 Å². The van der Waals surface area contributed by atoms with Gasteiger partial charge in [-0.25, -0.2) is 0 Å². The highest BCUT2D eigenvalue weighted by atomic mass is 32.1. The summed E-state index contributed by atoms with van der Waals surface area (Å²) >= 11 is 7.79. The predicted octanol–water partition coefficient (Wildman–Crippen LogP) is 18.9. The van der Waals surface area contributed by atoms with Crippen molar-refractivity contribution in [3.05, 3.63) is 206 Å². The summed E-state index contributed by atoms with van der Waals surface area (Å²) < 4.78 is 11.1. The van der Waals surface area contributed by atoms with E-state index in [1.165, 1.54) is 126 Å². The number of fused-ring (bicyclic) bond motifs is 10. The Balaban J connectivity index is 0.775. The minimum absolute atomic E-state index is 1.23. The second kappa shape index (κ2) is 14.5. The van der Waals surface area contributed by atoms with Crippen LogP contribution in [0.2, 0.25) is 0 Å². The predicted molar refractivity (Wildman–Crippen MR) is 276 cm³/mol. The van der Waals surface area contributed by atoms with Gasteiger partial charge in [-0.1, -0.05) is 182 Å². The molecule has 0 radical (unpaired) electrons. The topological polar surface area (TPSA) is 0 Å². The third-order valence-corrected chi connectivity index (χ3v) is 17.4. The van der Waals surface area contributed by atoms with Crippen LogP contribution in [0.4, 0.5) is 0 Å². The van der Waals surface area contributed by atoms with E-state index in [0.29, 0.717) is 0 Å². The first-order valence-electron chi connectivity index (χ1n) is 20.9. The van der Waals surface area contributed by atoms with Gasteiger partial charge in [0.25, 0.3) is 0 Å². The molecule has 13 rings (SSSR count).